The maximum absolute atomic E-state index is 13.6. The van der Waals surface area contributed by atoms with Crippen LogP contribution in [0.3, 0.4) is 0 Å². The molecule has 1 atom stereocenters. The molecule has 1 heterocycles. The molecule has 3 amide bonds. The number of anilines is 2. The Bertz CT molecular complexity index is 1850. The Morgan fingerprint density at radius 3 is 2.43 bits per heavy atom. The second kappa shape index (κ2) is 17.1. The molecule has 5 rings (SSSR count). The van der Waals surface area contributed by atoms with Crippen molar-refractivity contribution in [3.8, 4) is 0 Å². The molecular weight excluding hydrogens is 655 g/mol. The third-order valence-corrected chi connectivity index (χ3v) is 10.6. The highest BCUT2D eigenvalue weighted by Gasteiger charge is 2.28. The first kappa shape index (κ1) is 35.6. The first-order chi connectivity index (χ1) is 23.7. The van der Waals surface area contributed by atoms with E-state index >= 15 is 0 Å². The Labute approximate surface area is 295 Å². The van der Waals surface area contributed by atoms with E-state index in [1.54, 1.807) is 49.4 Å². The smallest absolute Gasteiger partial charge is 0.341 e. The number of esters is 1. The molecule has 0 bridgehead atoms. The van der Waals surface area contributed by atoms with Crippen molar-refractivity contribution in [2.45, 2.75) is 69.4 Å². The molecule has 10 heteroatoms. The molecule has 3 N–H and O–H groups in total. The maximum atomic E-state index is 13.6. The number of hydrogen-bond donors (Lipinski definition) is 3. The van der Waals surface area contributed by atoms with Gasteiger partial charge in [-0.2, -0.15) is 0 Å². The van der Waals surface area contributed by atoms with Crippen LogP contribution in [0.2, 0.25) is 0 Å². The number of benzene rings is 3. The van der Waals surface area contributed by atoms with E-state index in [0.717, 1.165) is 58.6 Å². The Kier molecular flexibility index (Phi) is 12.5. The Balaban J connectivity index is 1.32. The first-order valence-electron chi connectivity index (χ1n) is 16.6. The molecule has 1 unspecified atom stereocenters. The molecule has 0 saturated heterocycles. The van der Waals surface area contributed by atoms with Gasteiger partial charge in [0, 0.05) is 21.0 Å². The minimum Gasteiger partial charge on any atom is -0.462 e. The van der Waals surface area contributed by atoms with Gasteiger partial charge in [0.15, 0.2) is 0 Å². The fourth-order valence-corrected chi connectivity index (χ4v) is 7.94. The number of aryl methyl sites for hydroxylation is 2. The Morgan fingerprint density at radius 1 is 0.898 bits per heavy atom. The zero-order chi connectivity index (χ0) is 34.8. The lowest BCUT2D eigenvalue weighted by Crippen LogP contribution is -2.30. The third-order valence-electron chi connectivity index (χ3n) is 8.05. The molecule has 0 fully saturated rings. The predicted molar refractivity (Wildman–Crippen MR) is 198 cm³/mol. The van der Waals surface area contributed by atoms with Crippen LogP contribution in [0.25, 0.3) is 6.08 Å². The van der Waals surface area contributed by atoms with E-state index in [4.69, 9.17) is 4.74 Å². The molecule has 1 aromatic heterocycles. The lowest BCUT2D eigenvalue weighted by molar-refractivity contribution is -0.116. The first-order valence-corrected chi connectivity index (χ1v) is 18.3. The maximum Gasteiger partial charge on any atom is 0.341 e. The third kappa shape index (κ3) is 9.49. The standard InChI is InChI=1S/C39H41N3O5S2/c1-4-32(37(45)42-38-34(39(46)47-5-2)30-20-10-7-11-21-33(30)49-38)48-29-19-13-18-28(24-29)40-36(44)31(23-26-15-12-14-25(3)22-26)41-35(43)27-16-8-6-9-17-27/h6,8-9,12-19,22-24,32H,4-5,7,10-11,20-21H2,1-3H3,(H,40,44)(H,41,43)(H,42,45)/b31-23+. The molecule has 0 saturated carbocycles. The second-order valence-electron chi connectivity index (χ2n) is 11.8. The Morgan fingerprint density at radius 2 is 1.67 bits per heavy atom. The highest BCUT2D eigenvalue weighted by Crippen LogP contribution is 2.39. The van der Waals surface area contributed by atoms with E-state index in [9.17, 15) is 19.2 Å². The monoisotopic (exact) mass is 695 g/mol. The molecule has 0 aliphatic heterocycles. The highest BCUT2D eigenvalue weighted by atomic mass is 32.2. The zero-order valence-electron chi connectivity index (χ0n) is 28.0. The fourth-order valence-electron chi connectivity index (χ4n) is 5.64. The van der Waals surface area contributed by atoms with E-state index in [-0.39, 0.29) is 18.2 Å². The molecule has 0 radical (unpaired) electrons. The van der Waals surface area contributed by atoms with Gasteiger partial charge in [0.1, 0.15) is 10.7 Å². The quantitative estimate of drug-likeness (QED) is 0.0594. The highest BCUT2D eigenvalue weighted by molar-refractivity contribution is 8.00. The summed E-state index contributed by atoms with van der Waals surface area (Å²) in [6, 6.07) is 23.6. The van der Waals surface area contributed by atoms with Crippen LogP contribution in [0.1, 0.15) is 81.8 Å². The second-order valence-corrected chi connectivity index (χ2v) is 14.1. The van der Waals surface area contributed by atoms with Crippen molar-refractivity contribution in [3.05, 3.63) is 117 Å². The van der Waals surface area contributed by atoms with Crippen LogP contribution < -0.4 is 16.0 Å². The summed E-state index contributed by atoms with van der Waals surface area (Å²) >= 11 is 2.86. The number of carbonyl (C=O) groups excluding carboxylic acids is 4. The van der Waals surface area contributed by atoms with E-state index in [1.807, 2.05) is 56.3 Å². The molecule has 1 aliphatic carbocycles. The molecule has 49 heavy (non-hydrogen) atoms. The topological polar surface area (TPSA) is 114 Å². The molecular formula is C39H41N3O5S2. The van der Waals surface area contributed by atoms with Crippen molar-refractivity contribution in [1.29, 1.82) is 0 Å². The molecule has 0 spiro atoms. The van der Waals surface area contributed by atoms with Gasteiger partial charge >= 0.3 is 5.97 Å². The lowest BCUT2D eigenvalue weighted by Gasteiger charge is -2.16. The fraction of sp³-hybridized carbons (Fsp3) is 0.282. The number of thioether (sulfide) groups is 1. The van der Waals surface area contributed by atoms with Crippen LogP contribution >= 0.6 is 23.1 Å². The van der Waals surface area contributed by atoms with Crippen LogP contribution in [-0.4, -0.2) is 35.5 Å². The van der Waals surface area contributed by atoms with Gasteiger partial charge in [0.25, 0.3) is 11.8 Å². The predicted octanol–water partition coefficient (Wildman–Crippen LogP) is 8.42. The summed E-state index contributed by atoms with van der Waals surface area (Å²) in [4.78, 5) is 55.2. The molecule has 8 nitrogen and oxygen atoms in total. The minimum atomic E-state index is -0.485. The van der Waals surface area contributed by atoms with Crippen LogP contribution in [0.5, 0.6) is 0 Å². The van der Waals surface area contributed by atoms with Crippen molar-refractivity contribution in [2.75, 3.05) is 17.2 Å². The Hall–Kier alpha value is -4.67. The van der Waals surface area contributed by atoms with Gasteiger partial charge < -0.3 is 20.7 Å². The van der Waals surface area contributed by atoms with Gasteiger partial charge in [0.2, 0.25) is 5.91 Å². The van der Waals surface area contributed by atoms with Crippen molar-refractivity contribution in [3.63, 3.8) is 0 Å². The van der Waals surface area contributed by atoms with E-state index in [1.165, 1.54) is 23.1 Å². The van der Waals surface area contributed by atoms with Crippen LogP contribution in [0.15, 0.2) is 89.5 Å². The minimum absolute atomic E-state index is 0.0927. The van der Waals surface area contributed by atoms with Gasteiger partial charge in [-0.1, -0.05) is 67.4 Å². The summed E-state index contributed by atoms with van der Waals surface area (Å²) in [7, 11) is 0. The van der Waals surface area contributed by atoms with Crippen LogP contribution in [0.4, 0.5) is 10.7 Å². The van der Waals surface area contributed by atoms with Crippen molar-refractivity contribution < 1.29 is 23.9 Å². The number of hydrogen-bond acceptors (Lipinski definition) is 7. The number of amides is 3. The summed E-state index contributed by atoms with van der Waals surface area (Å²) < 4.78 is 5.39. The largest absolute Gasteiger partial charge is 0.462 e. The van der Waals surface area contributed by atoms with E-state index in [2.05, 4.69) is 16.0 Å². The number of rotatable bonds is 12. The summed E-state index contributed by atoms with van der Waals surface area (Å²) in [5.41, 5.74) is 4.34. The lowest BCUT2D eigenvalue weighted by atomic mass is 10.1. The molecule has 4 aromatic rings. The number of thiophene rings is 1. The summed E-state index contributed by atoms with van der Waals surface area (Å²) in [5.74, 6) is -1.47. The zero-order valence-corrected chi connectivity index (χ0v) is 29.6. The normalized spacial score (nSPS) is 13.4. The molecule has 1 aliphatic rings. The number of nitrogens with one attached hydrogen (secondary N) is 3. The summed E-state index contributed by atoms with van der Waals surface area (Å²) in [5, 5.41) is 8.85. The SMILES string of the molecule is CCOC(=O)c1c(NC(=O)C(CC)Sc2cccc(NC(=O)/C(=C\c3cccc(C)c3)NC(=O)c3ccccc3)c2)sc2c1CCCCC2. The van der Waals surface area contributed by atoms with Crippen molar-refractivity contribution in [2.24, 2.45) is 0 Å². The van der Waals surface area contributed by atoms with Gasteiger partial charge in [-0.25, -0.2) is 4.79 Å². The van der Waals surface area contributed by atoms with Crippen molar-refractivity contribution >= 4 is 63.6 Å². The number of carbonyl (C=O) groups is 4. The van der Waals surface area contributed by atoms with Crippen LogP contribution in [-0.2, 0) is 27.2 Å². The average Bonchev–Trinajstić information content (AvgIpc) is 3.27. The molecule has 3 aromatic carbocycles. The summed E-state index contributed by atoms with van der Waals surface area (Å²) in [6.07, 6.45) is 7.07. The number of ether oxygens (including phenoxy) is 1. The van der Waals surface area contributed by atoms with Crippen LogP contribution in [0, 0.1) is 6.92 Å². The summed E-state index contributed by atoms with van der Waals surface area (Å²) in [6.45, 7) is 5.95. The van der Waals surface area contributed by atoms with Gasteiger partial charge in [-0.15, -0.1) is 23.1 Å². The number of fused-ring (bicyclic) bond motifs is 1. The van der Waals surface area contributed by atoms with Crippen molar-refractivity contribution in [1.82, 2.24) is 5.32 Å². The van der Waals surface area contributed by atoms with E-state index in [0.29, 0.717) is 28.2 Å². The molecule has 254 valence electrons. The van der Waals surface area contributed by atoms with Gasteiger partial charge in [-0.05, 0) is 93.5 Å². The average molecular weight is 696 g/mol. The van der Waals surface area contributed by atoms with Gasteiger partial charge in [0.05, 0.1) is 17.4 Å². The van der Waals surface area contributed by atoms with Gasteiger partial charge in [-0.3, -0.25) is 14.4 Å². The van der Waals surface area contributed by atoms with E-state index < -0.39 is 23.0 Å².